The Morgan fingerprint density at radius 2 is 1.89 bits per heavy atom. The van der Waals surface area contributed by atoms with Gasteiger partial charge in [-0.25, -0.2) is 0 Å². The average Bonchev–Trinajstić information content (AvgIpc) is 2.40. The number of hydrogen-bond donors (Lipinski definition) is 1. The van der Waals surface area contributed by atoms with Crippen LogP contribution in [0, 0.1) is 0 Å². The lowest BCUT2D eigenvalue weighted by Crippen LogP contribution is -1.92. The third-order valence-electron chi connectivity index (χ3n) is 3.12. The van der Waals surface area contributed by atoms with Gasteiger partial charge in [-0.2, -0.15) is 0 Å². The van der Waals surface area contributed by atoms with Gasteiger partial charge in [0, 0.05) is 6.42 Å². The molecule has 1 aromatic rings. The molecule has 0 atom stereocenters. The largest absolute Gasteiger partial charge is 0.481 e. The molecule has 0 aromatic heterocycles. The fourth-order valence-electron chi connectivity index (χ4n) is 1.97. The van der Waals surface area contributed by atoms with Crippen LogP contribution in [-0.2, 0) is 11.2 Å². The first-order valence-electron chi connectivity index (χ1n) is 7.19. The van der Waals surface area contributed by atoms with E-state index in [4.69, 9.17) is 5.11 Å². The normalized spacial score (nSPS) is 11.0. The van der Waals surface area contributed by atoms with E-state index in [0.29, 0.717) is 6.42 Å². The van der Waals surface area contributed by atoms with Gasteiger partial charge in [0.15, 0.2) is 0 Å². The van der Waals surface area contributed by atoms with Crippen molar-refractivity contribution >= 4 is 12.0 Å². The Morgan fingerprint density at radius 1 is 1.16 bits per heavy atom. The van der Waals surface area contributed by atoms with E-state index >= 15 is 0 Å². The van der Waals surface area contributed by atoms with Crippen LogP contribution in [0.2, 0.25) is 0 Å². The lowest BCUT2D eigenvalue weighted by Gasteiger charge is -2.01. The van der Waals surface area contributed by atoms with Gasteiger partial charge in [-0.05, 0) is 36.8 Å². The summed E-state index contributed by atoms with van der Waals surface area (Å²) in [5.41, 5.74) is 2.59. The minimum atomic E-state index is -0.718. The van der Waals surface area contributed by atoms with E-state index in [1.807, 2.05) is 0 Å². The van der Waals surface area contributed by atoms with Crippen LogP contribution in [0.1, 0.15) is 56.6 Å². The van der Waals surface area contributed by atoms with Crippen molar-refractivity contribution in [1.82, 2.24) is 0 Å². The molecule has 0 aliphatic rings. The minimum Gasteiger partial charge on any atom is -0.481 e. The maximum Gasteiger partial charge on any atom is 0.303 e. The highest BCUT2D eigenvalue weighted by atomic mass is 16.4. The van der Waals surface area contributed by atoms with Crippen LogP contribution in [0.3, 0.4) is 0 Å². The number of carbonyl (C=O) groups is 1. The maximum atomic E-state index is 10.4. The predicted molar refractivity (Wildman–Crippen MR) is 80.2 cm³/mol. The van der Waals surface area contributed by atoms with Gasteiger partial charge < -0.3 is 5.11 Å². The molecule has 1 aromatic carbocycles. The zero-order valence-corrected chi connectivity index (χ0v) is 11.8. The monoisotopic (exact) mass is 260 g/mol. The summed E-state index contributed by atoms with van der Waals surface area (Å²) in [4.78, 5) is 10.4. The van der Waals surface area contributed by atoms with Crippen molar-refractivity contribution in [1.29, 1.82) is 0 Å². The Bertz CT molecular complexity index is 390. The van der Waals surface area contributed by atoms with Crippen LogP contribution >= 0.6 is 0 Å². The fraction of sp³-hybridized carbons (Fsp3) is 0.471. The lowest BCUT2D eigenvalue weighted by molar-refractivity contribution is -0.137. The Balaban J connectivity index is 2.31. The second-order valence-corrected chi connectivity index (χ2v) is 4.89. The van der Waals surface area contributed by atoms with Crippen molar-refractivity contribution in [3.8, 4) is 0 Å². The zero-order chi connectivity index (χ0) is 13.9. The molecule has 0 saturated carbocycles. The van der Waals surface area contributed by atoms with Crippen molar-refractivity contribution in [3.05, 3.63) is 41.5 Å². The molecular weight excluding hydrogens is 236 g/mol. The quantitative estimate of drug-likeness (QED) is 0.654. The number of aliphatic carboxylic acids is 1. The number of rotatable bonds is 9. The highest BCUT2D eigenvalue weighted by Crippen LogP contribution is 2.10. The van der Waals surface area contributed by atoms with Gasteiger partial charge in [-0.3, -0.25) is 4.79 Å². The molecule has 1 N–H and O–H groups in total. The van der Waals surface area contributed by atoms with Crippen LogP contribution in [0.15, 0.2) is 30.3 Å². The third-order valence-corrected chi connectivity index (χ3v) is 3.12. The molecule has 104 valence electrons. The van der Waals surface area contributed by atoms with Crippen molar-refractivity contribution in [2.24, 2.45) is 0 Å². The second kappa shape index (κ2) is 9.37. The highest BCUT2D eigenvalue weighted by Gasteiger charge is 1.95. The zero-order valence-electron chi connectivity index (χ0n) is 11.8. The summed E-state index contributed by atoms with van der Waals surface area (Å²) in [5, 5.41) is 8.52. The predicted octanol–water partition coefficient (Wildman–Crippen LogP) is 4.69. The first-order valence-corrected chi connectivity index (χ1v) is 7.19. The second-order valence-electron chi connectivity index (χ2n) is 4.89. The molecule has 0 aliphatic carbocycles. The molecule has 19 heavy (non-hydrogen) atoms. The average molecular weight is 260 g/mol. The van der Waals surface area contributed by atoms with Crippen molar-refractivity contribution in [2.45, 2.75) is 51.9 Å². The summed E-state index contributed by atoms with van der Waals surface area (Å²) >= 11 is 0. The van der Waals surface area contributed by atoms with Crippen molar-refractivity contribution < 1.29 is 9.90 Å². The number of aryl methyl sites for hydroxylation is 1. The van der Waals surface area contributed by atoms with E-state index in [1.165, 1.54) is 30.4 Å². The Kier molecular flexibility index (Phi) is 7.64. The first kappa shape index (κ1) is 15.5. The number of carboxylic acids is 1. The van der Waals surface area contributed by atoms with Gasteiger partial charge >= 0.3 is 5.97 Å². The molecule has 0 fully saturated rings. The van der Waals surface area contributed by atoms with E-state index in [-0.39, 0.29) is 6.42 Å². The van der Waals surface area contributed by atoms with Crippen molar-refractivity contribution in [3.63, 3.8) is 0 Å². The molecule has 0 radical (unpaired) electrons. The van der Waals surface area contributed by atoms with Gasteiger partial charge in [0.05, 0.1) is 0 Å². The Morgan fingerprint density at radius 3 is 2.53 bits per heavy atom. The molecule has 0 saturated heterocycles. The summed E-state index contributed by atoms with van der Waals surface area (Å²) in [6.07, 6.45) is 10.9. The van der Waals surface area contributed by atoms with E-state index in [1.54, 1.807) is 0 Å². The van der Waals surface area contributed by atoms with E-state index in [2.05, 4.69) is 43.3 Å². The Labute approximate surface area is 116 Å². The first-order chi connectivity index (χ1) is 9.22. The molecule has 0 aliphatic heterocycles. The summed E-state index contributed by atoms with van der Waals surface area (Å²) in [6, 6.07) is 8.64. The fourth-order valence-corrected chi connectivity index (χ4v) is 1.97. The SMILES string of the molecule is CCCCCc1ccc(C=CCCCC(=O)O)cc1. The van der Waals surface area contributed by atoms with Crippen molar-refractivity contribution in [2.75, 3.05) is 0 Å². The van der Waals surface area contributed by atoms with Crippen LogP contribution in [-0.4, -0.2) is 11.1 Å². The molecule has 1 rings (SSSR count). The molecule has 0 heterocycles. The third kappa shape index (κ3) is 7.45. The summed E-state index contributed by atoms with van der Waals surface area (Å²) in [7, 11) is 0. The van der Waals surface area contributed by atoms with E-state index in [9.17, 15) is 4.79 Å². The minimum absolute atomic E-state index is 0.251. The lowest BCUT2D eigenvalue weighted by atomic mass is 10.0. The molecule has 2 nitrogen and oxygen atoms in total. The summed E-state index contributed by atoms with van der Waals surface area (Å²) in [6.45, 7) is 2.22. The molecule has 0 bridgehead atoms. The van der Waals surface area contributed by atoms with Gasteiger partial charge in [-0.1, -0.05) is 56.2 Å². The number of benzene rings is 1. The standard InChI is InChI=1S/C17H24O2/c1-2-3-5-8-15-11-13-16(14-12-15)9-6-4-7-10-17(18)19/h6,9,11-14H,2-5,7-8,10H2,1H3,(H,18,19). The Hall–Kier alpha value is -1.57. The van der Waals surface area contributed by atoms with Crippen LogP contribution < -0.4 is 0 Å². The number of hydrogen-bond acceptors (Lipinski definition) is 1. The number of carboxylic acid groups (broad SMARTS) is 1. The molecule has 0 spiro atoms. The number of unbranched alkanes of at least 4 members (excludes halogenated alkanes) is 3. The van der Waals surface area contributed by atoms with Crippen LogP contribution in [0.25, 0.3) is 6.08 Å². The topological polar surface area (TPSA) is 37.3 Å². The summed E-state index contributed by atoms with van der Waals surface area (Å²) in [5.74, 6) is -0.718. The molecule has 0 amide bonds. The van der Waals surface area contributed by atoms with Crippen LogP contribution in [0.5, 0.6) is 0 Å². The highest BCUT2D eigenvalue weighted by molar-refractivity contribution is 5.66. The van der Waals surface area contributed by atoms with Gasteiger partial charge in [0.2, 0.25) is 0 Å². The van der Waals surface area contributed by atoms with Gasteiger partial charge in [0.25, 0.3) is 0 Å². The van der Waals surface area contributed by atoms with Crippen LogP contribution in [0.4, 0.5) is 0 Å². The maximum absolute atomic E-state index is 10.4. The van der Waals surface area contributed by atoms with E-state index in [0.717, 1.165) is 12.8 Å². The summed E-state index contributed by atoms with van der Waals surface area (Å²) < 4.78 is 0. The van der Waals surface area contributed by atoms with Gasteiger partial charge in [0.1, 0.15) is 0 Å². The number of allylic oxidation sites excluding steroid dienone is 1. The van der Waals surface area contributed by atoms with E-state index < -0.39 is 5.97 Å². The molecule has 2 heteroatoms. The molecular formula is C17H24O2. The smallest absolute Gasteiger partial charge is 0.303 e. The van der Waals surface area contributed by atoms with Gasteiger partial charge in [-0.15, -0.1) is 0 Å². The molecule has 0 unspecified atom stereocenters.